The number of fused-ring (bicyclic) bond motifs is 3. The van der Waals surface area contributed by atoms with Gasteiger partial charge >= 0.3 is 0 Å². The van der Waals surface area contributed by atoms with Crippen LogP contribution in [0.15, 0.2) is 90.7 Å². The number of hydrogen-bond donors (Lipinski definition) is 0. The summed E-state index contributed by atoms with van der Waals surface area (Å²) >= 11 is 0. The van der Waals surface area contributed by atoms with E-state index in [2.05, 4.69) is 163 Å². The SMILES string of the molecule is C=C(C1C(CCC(/C=C\C)N=C(/C=C\C)C(C)C)c2ccccc2-c2cc(CC3CCCCC3)c([Si](C)(C)C)c[n+]21)[n+]1ccc(C(C)(C)C)cc1CC. The van der Waals surface area contributed by atoms with E-state index in [1.54, 1.807) is 10.8 Å². The van der Waals surface area contributed by atoms with Crippen LogP contribution in [0.1, 0.15) is 135 Å². The molecule has 1 fully saturated rings. The monoisotopic (exact) mass is 730 g/mol. The molecule has 3 nitrogen and oxygen atoms in total. The van der Waals surface area contributed by atoms with Gasteiger partial charge in [0.05, 0.1) is 20.0 Å². The normalized spacial score (nSPS) is 19.2. The number of aromatic nitrogens is 2. The zero-order valence-electron chi connectivity index (χ0n) is 35.3. The van der Waals surface area contributed by atoms with Crippen molar-refractivity contribution in [2.24, 2.45) is 16.8 Å². The first-order valence-electron chi connectivity index (χ1n) is 20.9. The second kappa shape index (κ2) is 17.4. The summed E-state index contributed by atoms with van der Waals surface area (Å²) < 4.78 is 5.12. The standard InChI is InChI=1S/C49H71N3Si/c1-13-21-40(50-45(22-14-2)35(4)5)27-28-44-42-25-19-20-26-43(42)46-32-38(31-37-23-17-16-18-24-37)47(53(10,11)12)34-52(46)48(44)36(6)51-30-29-39(49(7,8)9)33-41(51)15-3/h13-14,19-22,25-26,29-30,32-35,37,40,44,48H,6,15-18,23-24,27-28,31H2,1-5,7-12H3/q+2/b21-13-,22-14-,50-45?. The zero-order valence-corrected chi connectivity index (χ0v) is 36.3. The van der Waals surface area contributed by atoms with Crippen molar-refractivity contribution in [3.63, 3.8) is 0 Å². The van der Waals surface area contributed by atoms with E-state index in [1.807, 2.05) is 0 Å². The van der Waals surface area contributed by atoms with Crippen LogP contribution in [0.3, 0.4) is 0 Å². The molecule has 1 saturated carbocycles. The third-order valence-electron chi connectivity index (χ3n) is 11.9. The van der Waals surface area contributed by atoms with E-state index in [4.69, 9.17) is 11.6 Å². The number of pyridine rings is 2. The molecular weight excluding hydrogens is 659 g/mol. The van der Waals surface area contributed by atoms with Crippen molar-refractivity contribution < 1.29 is 9.13 Å². The molecule has 284 valence electrons. The van der Waals surface area contributed by atoms with Gasteiger partial charge < -0.3 is 0 Å². The van der Waals surface area contributed by atoms with Crippen molar-refractivity contribution >= 4 is 24.7 Å². The second-order valence-electron chi connectivity index (χ2n) is 18.4. The third kappa shape index (κ3) is 9.48. The Balaban J connectivity index is 1.71. The molecule has 3 unspecified atom stereocenters. The van der Waals surface area contributed by atoms with Gasteiger partial charge in [-0.1, -0.05) is 130 Å². The number of aliphatic imine (C=N–C) groups is 1. The number of allylic oxidation sites excluding steroid dienone is 4. The predicted octanol–water partition coefficient (Wildman–Crippen LogP) is 11.7. The van der Waals surface area contributed by atoms with Gasteiger partial charge in [0.25, 0.3) is 0 Å². The zero-order chi connectivity index (χ0) is 38.5. The molecule has 2 aromatic heterocycles. The van der Waals surface area contributed by atoms with Gasteiger partial charge in [-0.3, -0.25) is 4.99 Å². The van der Waals surface area contributed by atoms with Crippen molar-refractivity contribution in [2.45, 2.75) is 156 Å². The largest absolute Gasteiger partial charge is 0.282 e. The number of rotatable bonds is 13. The van der Waals surface area contributed by atoms with E-state index in [0.29, 0.717) is 5.92 Å². The van der Waals surface area contributed by atoms with Crippen LogP contribution in [0.25, 0.3) is 17.0 Å². The minimum Gasteiger partial charge on any atom is -0.282 e. The molecule has 2 aliphatic rings. The van der Waals surface area contributed by atoms with Crippen LogP contribution < -0.4 is 14.3 Å². The molecule has 1 aliphatic heterocycles. The molecule has 5 rings (SSSR count). The highest BCUT2D eigenvalue weighted by Gasteiger charge is 2.47. The van der Waals surface area contributed by atoms with Gasteiger partial charge in [0.2, 0.25) is 17.4 Å². The van der Waals surface area contributed by atoms with Crippen LogP contribution in [-0.2, 0) is 18.3 Å². The molecule has 3 aromatic rings. The summed E-state index contributed by atoms with van der Waals surface area (Å²) in [6.07, 6.45) is 24.8. The van der Waals surface area contributed by atoms with Crippen molar-refractivity contribution in [3.8, 4) is 11.3 Å². The van der Waals surface area contributed by atoms with Gasteiger partial charge in [-0.25, -0.2) is 0 Å². The van der Waals surface area contributed by atoms with Gasteiger partial charge in [0.15, 0.2) is 18.1 Å². The molecular formula is C49H71N3Si+2. The maximum atomic E-state index is 5.36. The summed E-state index contributed by atoms with van der Waals surface area (Å²) in [7, 11) is -1.70. The highest BCUT2D eigenvalue weighted by Crippen LogP contribution is 2.44. The van der Waals surface area contributed by atoms with Crippen LogP contribution in [0.2, 0.25) is 19.6 Å². The molecule has 1 aliphatic carbocycles. The van der Waals surface area contributed by atoms with Crippen molar-refractivity contribution in [1.82, 2.24) is 0 Å². The molecule has 3 heterocycles. The van der Waals surface area contributed by atoms with E-state index in [0.717, 1.165) is 30.9 Å². The topological polar surface area (TPSA) is 20.1 Å². The second-order valence-corrected chi connectivity index (χ2v) is 23.4. The predicted molar refractivity (Wildman–Crippen MR) is 232 cm³/mol. The van der Waals surface area contributed by atoms with Gasteiger partial charge in [-0.2, -0.15) is 9.13 Å². The smallest absolute Gasteiger partial charge is 0.249 e. The number of aryl methyl sites for hydroxylation is 1. The first-order chi connectivity index (χ1) is 25.2. The van der Waals surface area contributed by atoms with Crippen molar-refractivity contribution in [2.75, 3.05) is 0 Å². The Kier molecular flexibility index (Phi) is 13.4. The summed E-state index contributed by atoms with van der Waals surface area (Å²) in [4.78, 5) is 5.36. The van der Waals surface area contributed by atoms with E-state index in [1.165, 1.54) is 72.3 Å². The summed E-state index contributed by atoms with van der Waals surface area (Å²) in [5, 5.41) is 1.62. The molecule has 1 aromatic carbocycles. The highest BCUT2D eigenvalue weighted by atomic mass is 28.3. The molecule has 0 radical (unpaired) electrons. The van der Waals surface area contributed by atoms with Crippen LogP contribution in [0.4, 0.5) is 0 Å². The highest BCUT2D eigenvalue weighted by molar-refractivity contribution is 6.89. The average Bonchev–Trinajstić information content (AvgIpc) is 3.12. The first kappa shape index (κ1) is 40.8. The molecule has 4 heteroatoms. The van der Waals surface area contributed by atoms with E-state index < -0.39 is 8.07 Å². The third-order valence-corrected chi connectivity index (χ3v) is 14.0. The summed E-state index contributed by atoms with van der Waals surface area (Å²) in [6, 6.07) is 16.9. The molecule has 0 spiro atoms. The molecule has 0 N–H and O–H groups in total. The molecule has 53 heavy (non-hydrogen) atoms. The van der Waals surface area contributed by atoms with E-state index in [9.17, 15) is 0 Å². The lowest BCUT2D eigenvalue weighted by atomic mass is 9.77. The fraction of sp³-hybridized carbons (Fsp3) is 0.531. The lowest BCUT2D eigenvalue weighted by Crippen LogP contribution is -2.57. The lowest BCUT2D eigenvalue weighted by Gasteiger charge is -2.33. The van der Waals surface area contributed by atoms with Crippen molar-refractivity contribution in [3.05, 3.63) is 108 Å². The number of benzene rings is 1. The Morgan fingerprint density at radius 3 is 2.34 bits per heavy atom. The fourth-order valence-corrected chi connectivity index (χ4v) is 10.6. The molecule has 3 atom stereocenters. The number of nitrogens with zero attached hydrogens (tertiary/aromatic N) is 3. The van der Waals surface area contributed by atoms with E-state index >= 15 is 0 Å². The quantitative estimate of drug-likeness (QED) is 0.0723. The van der Waals surface area contributed by atoms with Crippen LogP contribution >= 0.6 is 0 Å². The maximum absolute atomic E-state index is 5.36. The average molecular weight is 730 g/mol. The summed E-state index contributed by atoms with van der Waals surface area (Å²) in [5.74, 6) is 1.43. The van der Waals surface area contributed by atoms with Gasteiger partial charge in [-0.15, -0.1) is 0 Å². The molecule has 0 amide bonds. The summed E-state index contributed by atoms with van der Waals surface area (Å²) in [5.41, 5.74) is 10.9. The molecule has 0 saturated heterocycles. The Labute approximate surface area is 325 Å². The summed E-state index contributed by atoms with van der Waals surface area (Å²) in [6.45, 7) is 30.6. The van der Waals surface area contributed by atoms with Crippen LogP contribution in [0.5, 0.6) is 0 Å². The van der Waals surface area contributed by atoms with E-state index in [-0.39, 0.29) is 23.4 Å². The Bertz CT molecular complexity index is 1820. The fourth-order valence-electron chi connectivity index (χ4n) is 8.96. The number of hydrogen-bond acceptors (Lipinski definition) is 1. The Morgan fingerprint density at radius 1 is 1.00 bits per heavy atom. The minimum atomic E-state index is -1.70. The van der Waals surface area contributed by atoms with Crippen LogP contribution in [-0.4, -0.2) is 19.8 Å². The Morgan fingerprint density at radius 2 is 1.72 bits per heavy atom. The minimum absolute atomic E-state index is 0.0739. The lowest BCUT2D eigenvalue weighted by molar-refractivity contribution is -0.729. The Hall–Kier alpha value is -3.37. The van der Waals surface area contributed by atoms with Crippen LogP contribution in [0, 0.1) is 11.8 Å². The van der Waals surface area contributed by atoms with Gasteiger partial charge in [0.1, 0.15) is 0 Å². The molecule has 0 bridgehead atoms. The van der Waals surface area contributed by atoms with Crippen molar-refractivity contribution in [1.29, 1.82) is 0 Å². The maximum Gasteiger partial charge on any atom is 0.249 e. The van der Waals surface area contributed by atoms with Gasteiger partial charge in [-0.05, 0) is 85.8 Å². The first-order valence-corrected chi connectivity index (χ1v) is 24.4. The van der Waals surface area contributed by atoms with Gasteiger partial charge in [0, 0.05) is 41.1 Å².